The van der Waals surface area contributed by atoms with Crippen molar-refractivity contribution < 1.29 is 47.6 Å². The van der Waals surface area contributed by atoms with Crippen LogP contribution in [0.15, 0.2) is 79.1 Å². The maximum atomic E-state index is 14.6. The number of nitrogens with two attached hydrogens (primary N) is 1. The number of aromatic nitrogens is 3. The molecule has 0 bridgehead atoms. The quantitative estimate of drug-likeness (QED) is 0.0506. The van der Waals surface area contributed by atoms with Gasteiger partial charge in [-0.1, -0.05) is 75.2 Å². The number of para-hydroxylation sites is 1. The van der Waals surface area contributed by atoms with Gasteiger partial charge in [0, 0.05) is 6.54 Å². The molecule has 1 aliphatic heterocycles. The minimum atomic E-state index is -4.50. The molecule has 2 aromatic carbocycles. The van der Waals surface area contributed by atoms with E-state index in [1.807, 2.05) is 44.2 Å². The zero-order valence-corrected chi connectivity index (χ0v) is 31.0. The van der Waals surface area contributed by atoms with Crippen LogP contribution in [-0.4, -0.2) is 80.0 Å². The Kier molecular flexibility index (Phi) is 12.5. The first-order chi connectivity index (χ1) is 26.1. The molecule has 290 valence electrons. The zero-order chi connectivity index (χ0) is 38.3. The lowest BCUT2D eigenvalue weighted by Crippen LogP contribution is -2.40. The van der Waals surface area contributed by atoms with Crippen molar-refractivity contribution in [3.63, 3.8) is 0 Å². The van der Waals surface area contributed by atoms with Gasteiger partial charge in [0.15, 0.2) is 11.4 Å². The monoisotopic (exact) mass is 766 g/mol. The Bertz CT molecular complexity index is 1920. The van der Waals surface area contributed by atoms with Crippen molar-refractivity contribution in [1.29, 1.82) is 0 Å². The summed E-state index contributed by atoms with van der Waals surface area (Å²) in [7, 11) is -4.50. The molecule has 2 unspecified atom stereocenters. The Balaban J connectivity index is 1.13. The Morgan fingerprint density at radius 2 is 1.76 bits per heavy atom. The number of ether oxygens (including phenoxy) is 3. The van der Waals surface area contributed by atoms with E-state index in [1.54, 1.807) is 42.5 Å². The maximum Gasteiger partial charge on any atom is 0.459 e. The fraction of sp³-hybridized carbons (Fsp3) is 0.459. The first kappa shape index (κ1) is 39.1. The van der Waals surface area contributed by atoms with E-state index >= 15 is 0 Å². The van der Waals surface area contributed by atoms with E-state index in [1.165, 1.54) is 10.8 Å². The number of nitrogens with zero attached hydrogens (tertiary/aromatic N) is 3. The van der Waals surface area contributed by atoms with Gasteiger partial charge in [0.05, 0.1) is 12.3 Å². The summed E-state index contributed by atoms with van der Waals surface area (Å²) < 4.78 is 45.0. The number of aliphatic hydroxyl groups excluding tert-OH is 1. The largest absolute Gasteiger partial charge is 0.464 e. The molecule has 17 heteroatoms. The average molecular weight is 767 g/mol. The second-order valence-electron chi connectivity index (χ2n) is 13.4. The van der Waals surface area contributed by atoms with Crippen LogP contribution in [-0.2, 0) is 34.7 Å². The summed E-state index contributed by atoms with van der Waals surface area (Å²) >= 11 is 0. The number of carbonyl (C=O) groups excluding carboxylic acids is 2. The number of anilines is 1. The molecule has 2 aromatic heterocycles. The number of carbonyl (C=O) groups is 2. The summed E-state index contributed by atoms with van der Waals surface area (Å²) in [6.45, 7) is 4.57. The van der Waals surface area contributed by atoms with Gasteiger partial charge in [0.25, 0.3) is 0 Å². The highest BCUT2D eigenvalue weighted by Gasteiger charge is 2.79. The lowest BCUT2D eigenvalue weighted by Gasteiger charge is -2.27. The van der Waals surface area contributed by atoms with E-state index in [0.29, 0.717) is 24.1 Å². The molecule has 0 radical (unpaired) electrons. The molecule has 1 saturated heterocycles. The SMILES string of the molecule is CCC(CC)COC(=O)[C@H](CCCCNC(=O)OCc1ccccc1)NP(=O)(Oc1ccccc1)OC1[C@H]2O[C@@H](c3ccc4c(N)ncnn34)[C@H](O)[C@@]12O. The molecule has 54 heavy (non-hydrogen) atoms. The van der Waals surface area contributed by atoms with Crippen molar-refractivity contribution in [2.45, 2.75) is 88.6 Å². The highest BCUT2D eigenvalue weighted by atomic mass is 31.2. The van der Waals surface area contributed by atoms with Crippen LogP contribution in [0.5, 0.6) is 5.75 Å². The number of alkyl carbamates (subject to hydrolysis) is 1. The molecule has 1 saturated carbocycles. The van der Waals surface area contributed by atoms with Crippen LogP contribution in [0.2, 0.25) is 0 Å². The molecule has 2 fully saturated rings. The van der Waals surface area contributed by atoms with Crippen molar-refractivity contribution in [2.75, 3.05) is 18.9 Å². The molecule has 1 amide bonds. The van der Waals surface area contributed by atoms with Gasteiger partial charge in [0.2, 0.25) is 0 Å². The molecular formula is C37H47N6O10P. The Morgan fingerprint density at radius 1 is 1.04 bits per heavy atom. The van der Waals surface area contributed by atoms with Gasteiger partial charge in [-0.25, -0.2) is 18.9 Å². The highest BCUT2D eigenvalue weighted by molar-refractivity contribution is 7.52. The summed E-state index contributed by atoms with van der Waals surface area (Å²) in [6, 6.07) is 19.7. The van der Waals surface area contributed by atoms with E-state index in [4.69, 9.17) is 29.0 Å². The zero-order valence-electron chi connectivity index (χ0n) is 30.2. The van der Waals surface area contributed by atoms with Crippen LogP contribution in [0.1, 0.15) is 63.3 Å². The van der Waals surface area contributed by atoms with Crippen LogP contribution in [0.4, 0.5) is 10.6 Å². The van der Waals surface area contributed by atoms with Crippen molar-refractivity contribution in [3.05, 3.63) is 90.4 Å². The number of nitrogens with one attached hydrogen (secondary N) is 2. The van der Waals surface area contributed by atoms with Crippen LogP contribution >= 0.6 is 7.75 Å². The van der Waals surface area contributed by atoms with Crippen LogP contribution in [0, 0.1) is 5.92 Å². The normalized spacial score (nSPS) is 23.4. The van der Waals surface area contributed by atoms with Crippen LogP contribution in [0.25, 0.3) is 5.52 Å². The number of esters is 1. The molecule has 0 spiro atoms. The number of nitrogen functional groups attached to an aromatic ring is 1. The lowest BCUT2D eigenvalue weighted by atomic mass is 10.1. The second-order valence-corrected chi connectivity index (χ2v) is 15.1. The van der Waals surface area contributed by atoms with Crippen molar-refractivity contribution in [1.82, 2.24) is 25.0 Å². The molecule has 3 heterocycles. The van der Waals surface area contributed by atoms with Crippen molar-refractivity contribution >= 4 is 31.1 Å². The van der Waals surface area contributed by atoms with Gasteiger partial charge in [-0.3, -0.25) is 9.32 Å². The maximum absolute atomic E-state index is 14.6. The minimum absolute atomic E-state index is 0.130. The Labute approximate surface area is 312 Å². The summed E-state index contributed by atoms with van der Waals surface area (Å²) in [6.07, 6.45) is -1.62. The molecular weight excluding hydrogens is 719 g/mol. The van der Waals surface area contributed by atoms with Gasteiger partial charge in [-0.15, -0.1) is 0 Å². The average Bonchev–Trinajstić information content (AvgIpc) is 3.40. The summed E-state index contributed by atoms with van der Waals surface area (Å²) in [5.74, 6) is -0.129. The van der Waals surface area contributed by atoms with E-state index in [9.17, 15) is 24.4 Å². The molecule has 7 atom stereocenters. The van der Waals surface area contributed by atoms with E-state index < -0.39 is 55.9 Å². The first-order valence-electron chi connectivity index (χ1n) is 18.1. The molecule has 6 N–H and O–H groups in total. The van der Waals surface area contributed by atoms with E-state index in [2.05, 4.69) is 20.5 Å². The van der Waals surface area contributed by atoms with Gasteiger partial charge >= 0.3 is 19.8 Å². The summed E-state index contributed by atoms with van der Waals surface area (Å²) in [5, 5.41) is 32.6. The number of amides is 1. The predicted octanol–water partition coefficient (Wildman–Crippen LogP) is 4.46. The standard InChI is InChI=1S/C37H47N6O10P/c1-3-24(4-2)21-49-35(45)27(17-11-12-20-39-36(46)50-22-25-13-7-5-8-14-25)42-54(48,52-26-15-9-6-10-16-26)53-33-32-37(33,47)31(44)30(51-32)28-18-19-29-34(38)40-23-41-43(28)29/h5-10,13-16,18-19,23-24,27,30-33,44,47H,3-4,11-12,17,20-22H2,1-2H3,(H,39,46)(H,42,48)(H2,38,40,41)/t27-,30-,31-,32+,33?,37-,54?/m0/s1. The van der Waals surface area contributed by atoms with Gasteiger partial charge in [-0.05, 0) is 55.0 Å². The predicted molar refractivity (Wildman–Crippen MR) is 196 cm³/mol. The molecule has 2 aliphatic rings. The smallest absolute Gasteiger partial charge is 0.459 e. The van der Waals surface area contributed by atoms with E-state index in [-0.39, 0.29) is 43.7 Å². The lowest BCUT2D eigenvalue weighted by molar-refractivity contribution is -0.147. The fourth-order valence-electron chi connectivity index (χ4n) is 6.42. The second kappa shape index (κ2) is 17.3. The number of unbranched alkanes of at least 4 members (excludes halogenated alkanes) is 1. The van der Waals surface area contributed by atoms with Gasteiger partial charge < -0.3 is 40.0 Å². The third-order valence-electron chi connectivity index (χ3n) is 9.77. The molecule has 16 nitrogen and oxygen atoms in total. The molecule has 6 rings (SSSR count). The number of rotatable bonds is 19. The first-order valence-corrected chi connectivity index (χ1v) is 19.7. The minimum Gasteiger partial charge on any atom is -0.464 e. The number of hydrogen-bond donors (Lipinski definition) is 5. The summed E-state index contributed by atoms with van der Waals surface area (Å²) in [4.78, 5) is 29.8. The molecule has 4 aromatic rings. The highest BCUT2D eigenvalue weighted by Crippen LogP contribution is 2.62. The number of aliphatic hydroxyl groups is 2. The van der Waals surface area contributed by atoms with E-state index in [0.717, 1.165) is 18.4 Å². The Hall–Kier alpha value is -4.57. The third kappa shape index (κ3) is 8.86. The Morgan fingerprint density at radius 3 is 2.44 bits per heavy atom. The topological polar surface area (TPSA) is 218 Å². The van der Waals surface area contributed by atoms with Gasteiger partial charge in [0.1, 0.15) is 54.7 Å². The van der Waals surface area contributed by atoms with Crippen LogP contribution < -0.4 is 20.7 Å². The molecule has 1 aliphatic carbocycles. The summed E-state index contributed by atoms with van der Waals surface area (Å²) in [5.41, 5.74) is 5.78. The number of fused-ring (bicyclic) bond motifs is 2. The van der Waals surface area contributed by atoms with Gasteiger partial charge in [-0.2, -0.15) is 10.2 Å². The number of benzene rings is 2. The van der Waals surface area contributed by atoms with Crippen LogP contribution in [0.3, 0.4) is 0 Å². The van der Waals surface area contributed by atoms with Crippen molar-refractivity contribution in [3.8, 4) is 5.75 Å². The third-order valence-corrected chi connectivity index (χ3v) is 11.4. The van der Waals surface area contributed by atoms with Crippen molar-refractivity contribution in [2.24, 2.45) is 5.92 Å². The number of hydrogen-bond acceptors (Lipinski definition) is 13. The fourth-order valence-corrected chi connectivity index (χ4v) is 8.17.